The Hall–Kier alpha value is -1.26. The molecule has 102 valence electrons. The molecule has 2 rings (SSSR count). The largest absolute Gasteiger partial charge is 0.368 e. The molecule has 2 aliphatic heterocycles. The third-order valence-corrected chi connectivity index (χ3v) is 3.95. The normalized spacial score (nSPS) is 25.7. The smallest absolute Gasteiger partial charge is 0.320 e. The van der Waals surface area contributed by atoms with Crippen molar-refractivity contribution in [1.82, 2.24) is 9.80 Å². The molecule has 0 aromatic rings. The second-order valence-corrected chi connectivity index (χ2v) is 5.29. The van der Waals surface area contributed by atoms with Gasteiger partial charge in [0.2, 0.25) is 5.91 Å². The number of carbonyl (C=O) groups excluding carboxylic acids is 2. The number of nitrogens with two attached hydrogens (primary N) is 1. The summed E-state index contributed by atoms with van der Waals surface area (Å²) in [5.74, 6) is -0.363. The first-order valence-corrected chi connectivity index (χ1v) is 7.05. The summed E-state index contributed by atoms with van der Waals surface area (Å²) in [5, 5.41) is 0. The highest BCUT2D eigenvalue weighted by molar-refractivity contribution is 5.86. The summed E-state index contributed by atoms with van der Waals surface area (Å²) in [6.07, 6.45) is 7.21. The lowest BCUT2D eigenvalue weighted by Crippen LogP contribution is -2.54. The van der Waals surface area contributed by atoms with E-state index in [9.17, 15) is 9.59 Å². The number of hydrogen-bond donors (Lipinski definition) is 1. The van der Waals surface area contributed by atoms with Crippen molar-refractivity contribution in [3.05, 3.63) is 0 Å². The van der Waals surface area contributed by atoms with Crippen LogP contribution in [0.2, 0.25) is 0 Å². The number of hydrogen-bond acceptors (Lipinski definition) is 2. The molecule has 1 atom stereocenters. The summed E-state index contributed by atoms with van der Waals surface area (Å²) < 4.78 is 0. The number of nitrogens with zero attached hydrogens (tertiary/aromatic N) is 2. The van der Waals surface area contributed by atoms with Crippen LogP contribution in [0.4, 0.5) is 4.79 Å². The van der Waals surface area contributed by atoms with Gasteiger partial charge >= 0.3 is 6.03 Å². The van der Waals surface area contributed by atoms with Gasteiger partial charge in [0.25, 0.3) is 0 Å². The number of amides is 3. The Bertz CT molecular complexity index is 311. The fourth-order valence-corrected chi connectivity index (χ4v) is 2.90. The van der Waals surface area contributed by atoms with Crippen LogP contribution in [0.15, 0.2) is 0 Å². The number of urea groups is 1. The van der Waals surface area contributed by atoms with Gasteiger partial charge in [0, 0.05) is 19.6 Å². The fraction of sp³-hybridized carbons (Fsp3) is 0.846. The van der Waals surface area contributed by atoms with Crippen LogP contribution in [0.5, 0.6) is 0 Å². The van der Waals surface area contributed by atoms with Crippen LogP contribution in [0, 0.1) is 0 Å². The zero-order valence-corrected chi connectivity index (χ0v) is 10.9. The second-order valence-electron chi connectivity index (χ2n) is 5.29. The van der Waals surface area contributed by atoms with Crippen molar-refractivity contribution in [3.8, 4) is 0 Å². The molecule has 1 unspecified atom stereocenters. The molecule has 2 aliphatic rings. The molecule has 0 spiro atoms. The Kier molecular flexibility index (Phi) is 4.44. The number of carbonyl (C=O) groups is 2. The first-order valence-electron chi connectivity index (χ1n) is 7.05. The standard InChI is InChI=1S/C13H23N3O2/c14-12(17)11-7-3-6-10-16(11)13(18)15-8-4-1-2-5-9-15/h11H,1-10H2,(H2,14,17). The molecule has 0 aromatic carbocycles. The van der Waals surface area contributed by atoms with Crippen molar-refractivity contribution in [2.75, 3.05) is 19.6 Å². The molecular formula is C13H23N3O2. The summed E-state index contributed by atoms with van der Waals surface area (Å²) in [6.45, 7) is 2.31. The van der Waals surface area contributed by atoms with Crippen LogP contribution < -0.4 is 5.73 Å². The topological polar surface area (TPSA) is 66.6 Å². The van der Waals surface area contributed by atoms with E-state index in [2.05, 4.69) is 0 Å². The molecule has 2 fully saturated rings. The van der Waals surface area contributed by atoms with E-state index in [1.165, 1.54) is 12.8 Å². The molecule has 2 saturated heterocycles. The van der Waals surface area contributed by atoms with Gasteiger partial charge in [0.1, 0.15) is 6.04 Å². The molecule has 0 bridgehead atoms. The van der Waals surface area contributed by atoms with Crippen LogP contribution in [0.3, 0.4) is 0 Å². The van der Waals surface area contributed by atoms with E-state index in [-0.39, 0.29) is 11.9 Å². The molecule has 3 amide bonds. The van der Waals surface area contributed by atoms with Gasteiger partial charge in [-0.2, -0.15) is 0 Å². The van der Waals surface area contributed by atoms with Gasteiger partial charge in [0.05, 0.1) is 0 Å². The van der Waals surface area contributed by atoms with Gasteiger partial charge < -0.3 is 15.5 Å². The maximum Gasteiger partial charge on any atom is 0.320 e. The van der Waals surface area contributed by atoms with E-state index >= 15 is 0 Å². The van der Waals surface area contributed by atoms with E-state index in [0.29, 0.717) is 6.54 Å². The van der Waals surface area contributed by atoms with Crippen molar-refractivity contribution in [1.29, 1.82) is 0 Å². The van der Waals surface area contributed by atoms with E-state index in [0.717, 1.165) is 45.2 Å². The highest BCUT2D eigenvalue weighted by atomic mass is 16.2. The average molecular weight is 253 g/mol. The minimum absolute atomic E-state index is 0.0143. The van der Waals surface area contributed by atoms with Gasteiger partial charge in [-0.3, -0.25) is 4.79 Å². The molecule has 0 aliphatic carbocycles. The summed E-state index contributed by atoms with van der Waals surface area (Å²) in [6, 6.07) is -0.380. The maximum absolute atomic E-state index is 12.5. The predicted molar refractivity (Wildman–Crippen MR) is 69.0 cm³/mol. The maximum atomic E-state index is 12.5. The third-order valence-electron chi connectivity index (χ3n) is 3.95. The number of piperidine rings is 1. The molecule has 5 nitrogen and oxygen atoms in total. The molecular weight excluding hydrogens is 230 g/mol. The van der Waals surface area contributed by atoms with Crippen LogP contribution in [0.25, 0.3) is 0 Å². The zero-order valence-electron chi connectivity index (χ0n) is 10.9. The van der Waals surface area contributed by atoms with Gasteiger partial charge in [-0.1, -0.05) is 12.8 Å². The van der Waals surface area contributed by atoms with Crippen LogP contribution in [-0.2, 0) is 4.79 Å². The lowest BCUT2D eigenvalue weighted by Gasteiger charge is -2.37. The van der Waals surface area contributed by atoms with Crippen LogP contribution in [-0.4, -0.2) is 47.4 Å². The van der Waals surface area contributed by atoms with Crippen molar-refractivity contribution >= 4 is 11.9 Å². The molecule has 0 saturated carbocycles. The SMILES string of the molecule is NC(=O)C1CCCCN1C(=O)N1CCCCCC1. The van der Waals surface area contributed by atoms with Crippen molar-refractivity contribution < 1.29 is 9.59 Å². The van der Waals surface area contributed by atoms with Crippen LogP contribution >= 0.6 is 0 Å². The van der Waals surface area contributed by atoms with E-state index in [4.69, 9.17) is 5.73 Å². The first-order chi connectivity index (χ1) is 8.70. The van der Waals surface area contributed by atoms with Gasteiger partial charge in [-0.05, 0) is 32.1 Å². The Labute approximate surface area is 108 Å². The fourth-order valence-electron chi connectivity index (χ4n) is 2.90. The lowest BCUT2D eigenvalue weighted by atomic mass is 10.0. The first kappa shape index (κ1) is 13.2. The summed E-state index contributed by atoms with van der Waals surface area (Å²) in [5.41, 5.74) is 5.40. The molecule has 5 heteroatoms. The summed E-state index contributed by atoms with van der Waals surface area (Å²) in [4.78, 5) is 27.5. The van der Waals surface area contributed by atoms with Crippen LogP contribution in [0.1, 0.15) is 44.9 Å². The second kappa shape index (κ2) is 6.07. The quantitative estimate of drug-likeness (QED) is 0.766. The number of rotatable bonds is 1. The molecule has 2 N–H and O–H groups in total. The third kappa shape index (κ3) is 2.94. The Balaban J connectivity index is 2.02. The van der Waals surface area contributed by atoms with E-state index < -0.39 is 6.04 Å². The minimum Gasteiger partial charge on any atom is -0.368 e. The van der Waals surface area contributed by atoms with E-state index in [1.807, 2.05) is 4.90 Å². The van der Waals surface area contributed by atoms with Gasteiger partial charge in [-0.25, -0.2) is 4.79 Å². The number of primary amides is 1. The molecule has 2 heterocycles. The Morgan fingerprint density at radius 1 is 0.889 bits per heavy atom. The Morgan fingerprint density at radius 3 is 2.11 bits per heavy atom. The van der Waals surface area contributed by atoms with Gasteiger partial charge in [0.15, 0.2) is 0 Å². The molecule has 18 heavy (non-hydrogen) atoms. The van der Waals surface area contributed by atoms with E-state index in [1.54, 1.807) is 4.90 Å². The summed E-state index contributed by atoms with van der Waals surface area (Å²) >= 11 is 0. The van der Waals surface area contributed by atoms with Crippen molar-refractivity contribution in [2.45, 2.75) is 51.0 Å². The summed E-state index contributed by atoms with van der Waals surface area (Å²) in [7, 11) is 0. The number of likely N-dealkylation sites (tertiary alicyclic amines) is 2. The monoisotopic (exact) mass is 253 g/mol. The van der Waals surface area contributed by atoms with Crippen molar-refractivity contribution in [2.24, 2.45) is 5.73 Å². The molecule has 0 radical (unpaired) electrons. The molecule has 0 aromatic heterocycles. The van der Waals surface area contributed by atoms with Crippen molar-refractivity contribution in [3.63, 3.8) is 0 Å². The lowest BCUT2D eigenvalue weighted by molar-refractivity contribution is -0.123. The predicted octanol–water partition coefficient (Wildman–Crippen LogP) is 1.32. The zero-order chi connectivity index (χ0) is 13.0. The highest BCUT2D eigenvalue weighted by Gasteiger charge is 2.33. The average Bonchev–Trinajstić information content (AvgIpc) is 2.66. The Morgan fingerprint density at radius 2 is 1.50 bits per heavy atom. The minimum atomic E-state index is -0.394. The highest BCUT2D eigenvalue weighted by Crippen LogP contribution is 2.20. The van der Waals surface area contributed by atoms with Gasteiger partial charge in [-0.15, -0.1) is 0 Å².